The van der Waals surface area contributed by atoms with E-state index in [0.29, 0.717) is 21.4 Å². The quantitative estimate of drug-likeness (QED) is 0.709. The van der Waals surface area contributed by atoms with Crippen LogP contribution in [0.1, 0.15) is 13.8 Å². The van der Waals surface area contributed by atoms with Crippen LogP contribution in [-0.4, -0.2) is 17.1 Å². The third kappa shape index (κ3) is 5.44. The molecule has 0 radical (unpaired) electrons. The van der Waals surface area contributed by atoms with Crippen LogP contribution in [0.4, 0.5) is 11.4 Å². The van der Waals surface area contributed by atoms with Gasteiger partial charge in [0.05, 0.1) is 10.3 Å². The molecule has 126 valence electrons. The van der Waals surface area contributed by atoms with E-state index in [1.807, 2.05) is 0 Å². The second-order valence-electron chi connectivity index (χ2n) is 5.08. The summed E-state index contributed by atoms with van der Waals surface area (Å²) in [5, 5.41) is 6.28. The molecule has 0 aromatic heterocycles. The molecule has 0 heterocycles. The van der Waals surface area contributed by atoms with Crippen LogP contribution in [0.25, 0.3) is 0 Å². The van der Waals surface area contributed by atoms with Crippen LogP contribution in [0, 0.1) is 0 Å². The summed E-state index contributed by atoms with van der Waals surface area (Å²) in [4.78, 5) is 24.0. The predicted molar refractivity (Wildman–Crippen MR) is 101 cm³/mol. The van der Waals surface area contributed by atoms with Gasteiger partial charge in [-0.25, -0.2) is 0 Å². The van der Waals surface area contributed by atoms with E-state index in [2.05, 4.69) is 10.6 Å². The summed E-state index contributed by atoms with van der Waals surface area (Å²) in [5.74, 6) is -0.293. The molecule has 24 heavy (non-hydrogen) atoms. The Morgan fingerprint density at radius 2 is 1.58 bits per heavy atom. The first kappa shape index (κ1) is 18.6. The number of halogens is 2. The normalized spacial score (nSPS) is 11.7. The van der Waals surface area contributed by atoms with Crippen molar-refractivity contribution in [2.24, 2.45) is 0 Å². The highest BCUT2D eigenvalue weighted by Crippen LogP contribution is 2.33. The summed E-state index contributed by atoms with van der Waals surface area (Å²) in [5.41, 5.74) is 1.33. The number of anilines is 2. The van der Waals surface area contributed by atoms with Gasteiger partial charge >= 0.3 is 0 Å². The summed E-state index contributed by atoms with van der Waals surface area (Å²) in [7, 11) is 0. The molecule has 0 spiro atoms. The fourth-order valence-corrected chi connectivity index (χ4v) is 3.31. The van der Waals surface area contributed by atoms with E-state index >= 15 is 0 Å². The molecule has 1 unspecified atom stereocenters. The zero-order valence-corrected chi connectivity index (χ0v) is 15.4. The first-order chi connectivity index (χ1) is 11.3. The average Bonchev–Trinajstić information content (AvgIpc) is 2.52. The van der Waals surface area contributed by atoms with Gasteiger partial charge in [0, 0.05) is 28.2 Å². The second kappa shape index (κ2) is 8.42. The van der Waals surface area contributed by atoms with E-state index in [1.54, 1.807) is 49.4 Å². The molecular weight excluding hydrogens is 367 g/mol. The smallest absolute Gasteiger partial charge is 0.237 e. The summed E-state index contributed by atoms with van der Waals surface area (Å²) in [6.45, 7) is 3.23. The van der Waals surface area contributed by atoms with Gasteiger partial charge in [-0.1, -0.05) is 23.2 Å². The first-order valence-electron chi connectivity index (χ1n) is 7.15. The van der Waals surface area contributed by atoms with Crippen molar-refractivity contribution in [2.75, 3.05) is 10.6 Å². The number of thioether (sulfide) groups is 1. The summed E-state index contributed by atoms with van der Waals surface area (Å²) >= 11 is 13.4. The zero-order valence-electron chi connectivity index (χ0n) is 13.1. The van der Waals surface area contributed by atoms with Crippen LogP contribution in [-0.2, 0) is 9.59 Å². The topological polar surface area (TPSA) is 58.2 Å². The van der Waals surface area contributed by atoms with Crippen LogP contribution in [0.3, 0.4) is 0 Å². The number of carbonyl (C=O) groups is 2. The minimum Gasteiger partial charge on any atom is -0.326 e. The highest BCUT2D eigenvalue weighted by molar-refractivity contribution is 8.00. The Kier molecular flexibility index (Phi) is 6.54. The molecule has 0 fully saturated rings. The molecule has 0 aliphatic rings. The van der Waals surface area contributed by atoms with Crippen LogP contribution < -0.4 is 10.6 Å². The van der Waals surface area contributed by atoms with Crippen molar-refractivity contribution in [2.45, 2.75) is 24.0 Å². The van der Waals surface area contributed by atoms with Crippen LogP contribution >= 0.6 is 35.0 Å². The lowest BCUT2D eigenvalue weighted by Crippen LogP contribution is -2.22. The molecule has 4 nitrogen and oxygen atoms in total. The Bertz CT molecular complexity index is 751. The Labute approximate surface area is 154 Å². The van der Waals surface area contributed by atoms with E-state index in [9.17, 15) is 9.59 Å². The molecule has 2 N–H and O–H groups in total. The summed E-state index contributed by atoms with van der Waals surface area (Å²) < 4.78 is 0. The molecule has 2 amide bonds. The van der Waals surface area contributed by atoms with Gasteiger partial charge in [-0.15, -0.1) is 11.8 Å². The minimum atomic E-state index is -0.351. The first-order valence-corrected chi connectivity index (χ1v) is 8.79. The van der Waals surface area contributed by atoms with Crippen LogP contribution in [0.5, 0.6) is 0 Å². The molecule has 2 aromatic rings. The van der Waals surface area contributed by atoms with Gasteiger partial charge in [0.2, 0.25) is 11.8 Å². The van der Waals surface area contributed by atoms with Gasteiger partial charge in [-0.05, 0) is 49.4 Å². The van der Waals surface area contributed by atoms with Gasteiger partial charge < -0.3 is 10.6 Å². The van der Waals surface area contributed by atoms with E-state index in [0.717, 1.165) is 4.90 Å². The number of hydrogen-bond acceptors (Lipinski definition) is 3. The predicted octanol–water partition coefficient (Wildman–Crippen LogP) is 5.07. The monoisotopic (exact) mass is 382 g/mol. The van der Waals surface area contributed by atoms with Gasteiger partial charge in [-0.3, -0.25) is 9.59 Å². The SMILES string of the molecule is CC(=O)Nc1ccc(NC(=O)C(C)Sc2cc(Cl)ccc2Cl)cc1. The molecule has 0 aliphatic carbocycles. The second-order valence-corrected chi connectivity index (χ2v) is 7.31. The molecule has 0 bridgehead atoms. The van der Waals surface area contributed by atoms with Crippen molar-refractivity contribution in [1.82, 2.24) is 0 Å². The van der Waals surface area contributed by atoms with E-state index in [1.165, 1.54) is 18.7 Å². The van der Waals surface area contributed by atoms with E-state index in [-0.39, 0.29) is 17.1 Å². The Balaban J connectivity index is 1.98. The maximum Gasteiger partial charge on any atom is 0.237 e. The zero-order chi connectivity index (χ0) is 17.7. The largest absolute Gasteiger partial charge is 0.326 e. The van der Waals surface area contributed by atoms with Crippen molar-refractivity contribution in [3.05, 3.63) is 52.5 Å². The molecule has 2 aromatic carbocycles. The number of nitrogens with one attached hydrogen (secondary N) is 2. The maximum absolute atomic E-state index is 12.3. The number of amides is 2. The van der Waals surface area contributed by atoms with Gasteiger partial charge in [0.15, 0.2) is 0 Å². The standard InChI is InChI=1S/C17H16Cl2N2O2S/c1-10(24-16-9-12(18)3-8-15(16)19)17(23)21-14-6-4-13(5-7-14)20-11(2)22/h3-10H,1-2H3,(H,20,22)(H,21,23). The lowest BCUT2D eigenvalue weighted by atomic mass is 10.2. The van der Waals surface area contributed by atoms with Crippen molar-refractivity contribution in [3.63, 3.8) is 0 Å². The van der Waals surface area contributed by atoms with Crippen molar-refractivity contribution in [3.8, 4) is 0 Å². The van der Waals surface area contributed by atoms with E-state index in [4.69, 9.17) is 23.2 Å². The average molecular weight is 383 g/mol. The van der Waals surface area contributed by atoms with E-state index < -0.39 is 0 Å². The molecule has 0 saturated carbocycles. The van der Waals surface area contributed by atoms with Crippen molar-refractivity contribution >= 4 is 58.2 Å². The van der Waals surface area contributed by atoms with Crippen molar-refractivity contribution in [1.29, 1.82) is 0 Å². The van der Waals surface area contributed by atoms with Gasteiger partial charge in [0.1, 0.15) is 0 Å². The van der Waals surface area contributed by atoms with Crippen LogP contribution in [0.15, 0.2) is 47.4 Å². The number of carbonyl (C=O) groups excluding carboxylic acids is 2. The summed E-state index contributed by atoms with van der Waals surface area (Å²) in [6.07, 6.45) is 0. The summed E-state index contributed by atoms with van der Waals surface area (Å²) in [6, 6.07) is 12.1. The molecular formula is C17H16Cl2N2O2S. The lowest BCUT2D eigenvalue weighted by molar-refractivity contribution is -0.115. The van der Waals surface area contributed by atoms with Gasteiger partial charge in [-0.2, -0.15) is 0 Å². The van der Waals surface area contributed by atoms with Crippen LogP contribution in [0.2, 0.25) is 10.0 Å². The number of hydrogen-bond donors (Lipinski definition) is 2. The fraction of sp³-hybridized carbons (Fsp3) is 0.176. The number of rotatable bonds is 5. The third-order valence-corrected chi connectivity index (χ3v) is 4.88. The molecule has 2 rings (SSSR count). The molecule has 1 atom stereocenters. The lowest BCUT2D eigenvalue weighted by Gasteiger charge is -2.13. The molecule has 7 heteroatoms. The highest BCUT2D eigenvalue weighted by atomic mass is 35.5. The Morgan fingerprint density at radius 3 is 2.17 bits per heavy atom. The minimum absolute atomic E-state index is 0.143. The fourth-order valence-electron chi connectivity index (χ4n) is 1.90. The molecule has 0 saturated heterocycles. The van der Waals surface area contributed by atoms with Crippen molar-refractivity contribution < 1.29 is 9.59 Å². The number of benzene rings is 2. The Hall–Kier alpha value is -1.69. The van der Waals surface area contributed by atoms with Gasteiger partial charge in [0.25, 0.3) is 0 Å². The highest BCUT2D eigenvalue weighted by Gasteiger charge is 2.16. The Morgan fingerprint density at radius 1 is 1.00 bits per heavy atom. The molecule has 0 aliphatic heterocycles. The maximum atomic E-state index is 12.3. The third-order valence-electron chi connectivity index (χ3n) is 3.04.